The standard InChI is InChI=1S/C14H19N3O4/c1-14(2,19)12-4-3-9-16(12)13(18)15-10-5-7-11(8-6-10)17(20)21/h5-8,12,19H,3-4,9H2,1-2H3,(H,15,18). The number of hydrogen-bond donors (Lipinski definition) is 2. The number of nitro benzene ring substituents is 1. The minimum Gasteiger partial charge on any atom is -0.388 e. The Morgan fingerprint density at radius 1 is 1.43 bits per heavy atom. The molecule has 21 heavy (non-hydrogen) atoms. The van der Waals surface area contributed by atoms with Crippen molar-refractivity contribution in [2.75, 3.05) is 11.9 Å². The molecule has 114 valence electrons. The van der Waals surface area contributed by atoms with Gasteiger partial charge in [-0.3, -0.25) is 10.1 Å². The number of rotatable bonds is 3. The Morgan fingerprint density at radius 2 is 2.05 bits per heavy atom. The van der Waals surface area contributed by atoms with Gasteiger partial charge < -0.3 is 15.3 Å². The number of carbonyl (C=O) groups excluding carboxylic acids is 1. The molecule has 7 heteroatoms. The van der Waals surface area contributed by atoms with Crippen LogP contribution >= 0.6 is 0 Å². The highest BCUT2D eigenvalue weighted by Crippen LogP contribution is 2.27. The Labute approximate surface area is 122 Å². The molecule has 1 saturated heterocycles. The Hall–Kier alpha value is -2.15. The minimum atomic E-state index is -0.955. The Kier molecular flexibility index (Phi) is 4.13. The van der Waals surface area contributed by atoms with Crippen LogP contribution in [-0.2, 0) is 0 Å². The largest absolute Gasteiger partial charge is 0.388 e. The van der Waals surface area contributed by atoms with E-state index < -0.39 is 10.5 Å². The van der Waals surface area contributed by atoms with Gasteiger partial charge >= 0.3 is 6.03 Å². The van der Waals surface area contributed by atoms with Gasteiger partial charge in [0.1, 0.15) is 0 Å². The number of nitrogens with zero attached hydrogens (tertiary/aromatic N) is 2. The molecule has 1 atom stereocenters. The fourth-order valence-corrected chi connectivity index (χ4v) is 2.61. The molecule has 1 aromatic carbocycles. The third kappa shape index (κ3) is 3.49. The number of likely N-dealkylation sites (tertiary alicyclic amines) is 1. The van der Waals surface area contributed by atoms with E-state index in [-0.39, 0.29) is 17.8 Å². The molecule has 0 bridgehead atoms. The first-order valence-corrected chi connectivity index (χ1v) is 6.83. The lowest BCUT2D eigenvalue weighted by molar-refractivity contribution is -0.384. The first-order valence-electron chi connectivity index (χ1n) is 6.83. The fourth-order valence-electron chi connectivity index (χ4n) is 2.61. The summed E-state index contributed by atoms with van der Waals surface area (Å²) in [5, 5.41) is 23.4. The summed E-state index contributed by atoms with van der Waals surface area (Å²) in [4.78, 5) is 24.0. The van der Waals surface area contributed by atoms with Crippen molar-refractivity contribution in [2.45, 2.75) is 38.3 Å². The van der Waals surface area contributed by atoms with E-state index >= 15 is 0 Å². The molecule has 0 aromatic heterocycles. The maximum Gasteiger partial charge on any atom is 0.322 e. The predicted molar refractivity (Wildman–Crippen MR) is 78.1 cm³/mol. The monoisotopic (exact) mass is 293 g/mol. The Morgan fingerprint density at radius 3 is 2.57 bits per heavy atom. The quantitative estimate of drug-likeness (QED) is 0.660. The number of anilines is 1. The number of hydrogen-bond acceptors (Lipinski definition) is 4. The van der Waals surface area contributed by atoms with Crippen molar-refractivity contribution in [2.24, 2.45) is 0 Å². The average molecular weight is 293 g/mol. The molecule has 1 aliphatic heterocycles. The summed E-state index contributed by atoms with van der Waals surface area (Å²) in [6, 6.07) is 5.14. The van der Waals surface area contributed by atoms with Crippen LogP contribution in [0.2, 0.25) is 0 Å². The Bertz CT molecular complexity index is 536. The van der Waals surface area contributed by atoms with E-state index in [0.717, 1.165) is 12.8 Å². The summed E-state index contributed by atoms with van der Waals surface area (Å²) < 4.78 is 0. The molecule has 1 unspecified atom stereocenters. The average Bonchev–Trinajstić information content (AvgIpc) is 2.88. The molecule has 2 N–H and O–H groups in total. The summed E-state index contributed by atoms with van der Waals surface area (Å²) >= 11 is 0. The number of nitro groups is 1. The lowest BCUT2D eigenvalue weighted by Crippen LogP contribution is -2.49. The Balaban J connectivity index is 2.05. The minimum absolute atomic E-state index is 0.0245. The molecule has 1 heterocycles. The topological polar surface area (TPSA) is 95.7 Å². The molecule has 1 fully saturated rings. The molecule has 1 aromatic rings. The second kappa shape index (κ2) is 5.69. The fraction of sp³-hybridized carbons (Fsp3) is 0.500. The van der Waals surface area contributed by atoms with Gasteiger partial charge in [-0.25, -0.2) is 4.79 Å². The van der Waals surface area contributed by atoms with Crippen molar-refractivity contribution in [1.82, 2.24) is 4.90 Å². The molecule has 0 aliphatic carbocycles. The van der Waals surface area contributed by atoms with Crippen LogP contribution in [0.1, 0.15) is 26.7 Å². The van der Waals surface area contributed by atoms with Crippen LogP contribution in [0.15, 0.2) is 24.3 Å². The molecule has 0 spiro atoms. The summed E-state index contributed by atoms with van der Waals surface area (Å²) in [7, 11) is 0. The summed E-state index contributed by atoms with van der Waals surface area (Å²) in [5.74, 6) is 0. The van der Waals surface area contributed by atoms with Gasteiger partial charge in [0.05, 0.1) is 16.6 Å². The van der Waals surface area contributed by atoms with Crippen molar-refractivity contribution in [3.8, 4) is 0 Å². The van der Waals surface area contributed by atoms with Gasteiger partial charge in [0.25, 0.3) is 5.69 Å². The lowest BCUT2D eigenvalue weighted by Gasteiger charge is -2.33. The second-order valence-electron chi connectivity index (χ2n) is 5.74. The first-order chi connectivity index (χ1) is 9.79. The smallest absolute Gasteiger partial charge is 0.322 e. The van der Waals surface area contributed by atoms with Crippen molar-refractivity contribution >= 4 is 17.4 Å². The molecular formula is C14H19N3O4. The number of amides is 2. The van der Waals surface area contributed by atoms with Gasteiger partial charge in [0.15, 0.2) is 0 Å². The maximum atomic E-state index is 12.3. The van der Waals surface area contributed by atoms with E-state index in [0.29, 0.717) is 12.2 Å². The van der Waals surface area contributed by atoms with Crippen LogP contribution in [0.5, 0.6) is 0 Å². The van der Waals surface area contributed by atoms with Crippen LogP contribution in [0, 0.1) is 10.1 Å². The van der Waals surface area contributed by atoms with E-state index in [9.17, 15) is 20.0 Å². The van der Waals surface area contributed by atoms with Gasteiger partial charge in [-0.1, -0.05) is 0 Å². The zero-order chi connectivity index (χ0) is 15.6. The van der Waals surface area contributed by atoms with Crippen LogP contribution in [0.4, 0.5) is 16.2 Å². The van der Waals surface area contributed by atoms with E-state index in [1.54, 1.807) is 18.7 Å². The highest BCUT2D eigenvalue weighted by Gasteiger charge is 2.38. The highest BCUT2D eigenvalue weighted by molar-refractivity contribution is 5.89. The molecule has 7 nitrogen and oxygen atoms in total. The number of benzene rings is 1. The van der Waals surface area contributed by atoms with Crippen molar-refractivity contribution in [3.05, 3.63) is 34.4 Å². The highest BCUT2D eigenvalue weighted by atomic mass is 16.6. The molecule has 1 aliphatic rings. The van der Waals surface area contributed by atoms with Gasteiger partial charge in [-0.15, -0.1) is 0 Å². The molecular weight excluding hydrogens is 274 g/mol. The summed E-state index contributed by atoms with van der Waals surface area (Å²) in [6.07, 6.45) is 1.61. The van der Waals surface area contributed by atoms with Crippen molar-refractivity contribution in [3.63, 3.8) is 0 Å². The SMILES string of the molecule is CC(C)(O)C1CCCN1C(=O)Nc1ccc([N+](=O)[O-])cc1. The van der Waals surface area contributed by atoms with Gasteiger partial charge in [0.2, 0.25) is 0 Å². The summed E-state index contributed by atoms with van der Waals surface area (Å²) in [5.41, 5.74) is -0.487. The number of carbonyl (C=O) groups is 1. The number of aliphatic hydroxyl groups is 1. The van der Waals surface area contributed by atoms with E-state index in [2.05, 4.69) is 5.32 Å². The van der Waals surface area contributed by atoms with Crippen molar-refractivity contribution < 1.29 is 14.8 Å². The number of urea groups is 1. The van der Waals surface area contributed by atoms with Gasteiger partial charge in [-0.05, 0) is 38.8 Å². The van der Waals surface area contributed by atoms with Crippen LogP contribution in [0.3, 0.4) is 0 Å². The molecule has 0 radical (unpaired) electrons. The zero-order valence-corrected chi connectivity index (χ0v) is 12.1. The van der Waals surface area contributed by atoms with Crippen molar-refractivity contribution in [1.29, 1.82) is 0 Å². The van der Waals surface area contributed by atoms with Crippen LogP contribution in [-0.4, -0.2) is 39.1 Å². The normalized spacial score (nSPS) is 18.6. The zero-order valence-electron chi connectivity index (χ0n) is 12.1. The molecule has 0 saturated carbocycles. The lowest BCUT2D eigenvalue weighted by atomic mass is 9.97. The number of non-ortho nitro benzene ring substituents is 1. The maximum absolute atomic E-state index is 12.3. The third-order valence-electron chi connectivity index (χ3n) is 3.66. The van der Waals surface area contributed by atoms with E-state index in [4.69, 9.17) is 0 Å². The first kappa shape index (κ1) is 15.2. The molecule has 2 rings (SSSR count). The van der Waals surface area contributed by atoms with Crippen LogP contribution < -0.4 is 5.32 Å². The van der Waals surface area contributed by atoms with Crippen LogP contribution in [0.25, 0.3) is 0 Å². The van der Waals surface area contributed by atoms with Gasteiger partial charge in [0, 0.05) is 24.4 Å². The molecule has 2 amide bonds. The predicted octanol–water partition coefficient (Wildman–Crippen LogP) is 2.36. The van der Waals surface area contributed by atoms with E-state index in [1.165, 1.54) is 24.3 Å². The van der Waals surface area contributed by atoms with E-state index in [1.807, 2.05) is 0 Å². The number of nitrogens with one attached hydrogen (secondary N) is 1. The summed E-state index contributed by atoms with van der Waals surface area (Å²) in [6.45, 7) is 3.97. The second-order valence-corrected chi connectivity index (χ2v) is 5.74. The third-order valence-corrected chi connectivity index (χ3v) is 3.66. The van der Waals surface area contributed by atoms with Gasteiger partial charge in [-0.2, -0.15) is 0 Å².